The van der Waals surface area contributed by atoms with E-state index in [1.54, 1.807) is 6.07 Å². The summed E-state index contributed by atoms with van der Waals surface area (Å²) in [6.07, 6.45) is 0. The van der Waals surface area contributed by atoms with Gasteiger partial charge in [-0.15, -0.1) is 11.3 Å². The number of thiophene rings is 1. The van der Waals surface area contributed by atoms with Crippen LogP contribution in [-0.4, -0.2) is 52.8 Å². The largest absolute Gasteiger partial charge is 0.481 e. The van der Waals surface area contributed by atoms with Crippen LogP contribution in [0.3, 0.4) is 0 Å². The van der Waals surface area contributed by atoms with Gasteiger partial charge < -0.3 is 14.9 Å². The number of carboxylic acid groups (broad SMARTS) is 1. The molecule has 21 heavy (non-hydrogen) atoms. The standard InChI is InChI=1S/C12H13N3O4S2/c16-9(17)7-21-12-13-8-1-6-20-10(8)11(18)15(12)14-2-4-19-5-3-14/h1,6H,2-5,7H2,(H,16,17). The van der Waals surface area contributed by atoms with Crippen molar-refractivity contribution in [2.24, 2.45) is 0 Å². The van der Waals surface area contributed by atoms with Gasteiger partial charge in [-0.25, -0.2) is 4.98 Å². The number of carboxylic acids is 1. The zero-order valence-electron chi connectivity index (χ0n) is 11.0. The van der Waals surface area contributed by atoms with Gasteiger partial charge >= 0.3 is 5.97 Å². The van der Waals surface area contributed by atoms with Gasteiger partial charge in [0.05, 0.1) is 37.6 Å². The third kappa shape index (κ3) is 2.89. The van der Waals surface area contributed by atoms with Crippen LogP contribution in [0.2, 0.25) is 0 Å². The van der Waals surface area contributed by atoms with Gasteiger partial charge in [0.25, 0.3) is 5.56 Å². The zero-order valence-corrected chi connectivity index (χ0v) is 12.7. The SMILES string of the molecule is O=C(O)CSc1nc2ccsc2c(=O)n1N1CCOCC1. The Morgan fingerprint density at radius 3 is 2.95 bits per heavy atom. The first-order valence-corrected chi connectivity index (χ1v) is 8.21. The molecule has 0 spiro atoms. The molecule has 1 aliphatic heterocycles. The molecule has 0 atom stereocenters. The van der Waals surface area contributed by atoms with Crippen LogP contribution in [-0.2, 0) is 9.53 Å². The maximum Gasteiger partial charge on any atom is 0.313 e. The quantitative estimate of drug-likeness (QED) is 0.650. The van der Waals surface area contributed by atoms with Gasteiger partial charge in [-0.2, -0.15) is 4.68 Å². The monoisotopic (exact) mass is 327 g/mol. The molecule has 2 aromatic rings. The average Bonchev–Trinajstić information content (AvgIpc) is 2.95. The highest BCUT2D eigenvalue weighted by Gasteiger charge is 2.20. The fraction of sp³-hybridized carbons (Fsp3) is 0.417. The molecule has 112 valence electrons. The first-order valence-electron chi connectivity index (χ1n) is 6.34. The number of hydrogen-bond acceptors (Lipinski definition) is 7. The molecule has 2 aromatic heterocycles. The number of nitrogens with zero attached hydrogens (tertiary/aromatic N) is 3. The summed E-state index contributed by atoms with van der Waals surface area (Å²) in [4.78, 5) is 27.9. The first-order chi connectivity index (χ1) is 10.2. The predicted octanol–water partition coefficient (Wildman–Crippen LogP) is 0.603. The number of thioether (sulfide) groups is 1. The van der Waals surface area contributed by atoms with E-state index in [1.807, 2.05) is 10.4 Å². The zero-order chi connectivity index (χ0) is 14.8. The minimum Gasteiger partial charge on any atom is -0.481 e. The van der Waals surface area contributed by atoms with E-state index in [2.05, 4.69) is 4.98 Å². The van der Waals surface area contributed by atoms with E-state index in [0.29, 0.717) is 41.7 Å². The van der Waals surface area contributed by atoms with Crippen molar-refractivity contribution in [2.45, 2.75) is 5.16 Å². The van der Waals surface area contributed by atoms with Crippen molar-refractivity contribution in [1.82, 2.24) is 9.66 Å². The normalized spacial score (nSPS) is 15.5. The summed E-state index contributed by atoms with van der Waals surface area (Å²) < 4.78 is 7.38. The van der Waals surface area contributed by atoms with Crippen molar-refractivity contribution < 1.29 is 14.6 Å². The Morgan fingerprint density at radius 2 is 2.24 bits per heavy atom. The molecule has 0 amide bonds. The summed E-state index contributed by atoms with van der Waals surface area (Å²) in [5.74, 6) is -1.07. The molecule has 0 unspecified atom stereocenters. The second-order valence-corrected chi connectivity index (χ2v) is 6.25. The van der Waals surface area contributed by atoms with Gasteiger partial charge in [0.1, 0.15) is 4.70 Å². The lowest BCUT2D eigenvalue weighted by Gasteiger charge is -2.31. The number of rotatable bonds is 4. The lowest BCUT2D eigenvalue weighted by molar-refractivity contribution is -0.133. The Balaban J connectivity index is 2.08. The number of fused-ring (bicyclic) bond motifs is 1. The number of ether oxygens (including phenoxy) is 1. The molecule has 0 saturated carbocycles. The van der Waals surface area contributed by atoms with Gasteiger partial charge in [-0.3, -0.25) is 9.59 Å². The van der Waals surface area contributed by atoms with E-state index >= 15 is 0 Å². The minimum absolute atomic E-state index is 0.133. The van der Waals surface area contributed by atoms with Gasteiger partial charge in [0.2, 0.25) is 0 Å². The van der Waals surface area contributed by atoms with E-state index in [-0.39, 0.29) is 11.3 Å². The fourth-order valence-corrected chi connectivity index (χ4v) is 3.60. The number of aromatic nitrogens is 2. The van der Waals surface area contributed by atoms with Crippen LogP contribution >= 0.6 is 23.1 Å². The maximum atomic E-state index is 12.6. The highest BCUT2D eigenvalue weighted by Crippen LogP contribution is 2.21. The van der Waals surface area contributed by atoms with Gasteiger partial charge in [-0.1, -0.05) is 11.8 Å². The van der Waals surface area contributed by atoms with Crippen molar-refractivity contribution in [3.8, 4) is 0 Å². The van der Waals surface area contributed by atoms with E-state index in [0.717, 1.165) is 11.8 Å². The van der Waals surface area contributed by atoms with Gasteiger partial charge in [0.15, 0.2) is 5.16 Å². The Kier molecular flexibility index (Phi) is 4.13. The van der Waals surface area contributed by atoms with Crippen molar-refractivity contribution in [2.75, 3.05) is 37.1 Å². The molecular formula is C12H13N3O4S2. The van der Waals surface area contributed by atoms with Crippen LogP contribution in [0, 0.1) is 0 Å². The molecule has 3 heterocycles. The van der Waals surface area contributed by atoms with Crippen LogP contribution in [0.5, 0.6) is 0 Å². The Labute approximate surface area is 128 Å². The molecule has 7 nitrogen and oxygen atoms in total. The molecule has 0 aromatic carbocycles. The average molecular weight is 327 g/mol. The molecule has 0 radical (unpaired) electrons. The molecule has 3 rings (SSSR count). The highest BCUT2D eigenvalue weighted by atomic mass is 32.2. The van der Waals surface area contributed by atoms with Crippen LogP contribution in [0.15, 0.2) is 21.4 Å². The number of aliphatic carboxylic acids is 1. The molecular weight excluding hydrogens is 314 g/mol. The summed E-state index contributed by atoms with van der Waals surface area (Å²) in [6, 6.07) is 1.77. The molecule has 0 aliphatic carbocycles. The van der Waals surface area contributed by atoms with Crippen molar-refractivity contribution >= 4 is 39.3 Å². The lowest BCUT2D eigenvalue weighted by atomic mass is 10.4. The molecule has 1 saturated heterocycles. The summed E-state index contributed by atoms with van der Waals surface area (Å²) in [5.41, 5.74) is 0.465. The molecule has 9 heteroatoms. The maximum absolute atomic E-state index is 12.6. The van der Waals surface area contributed by atoms with Gasteiger partial charge in [0, 0.05) is 0 Å². The smallest absolute Gasteiger partial charge is 0.313 e. The second kappa shape index (κ2) is 6.04. The molecule has 0 bridgehead atoms. The van der Waals surface area contributed by atoms with Crippen molar-refractivity contribution in [3.05, 3.63) is 21.8 Å². The second-order valence-electron chi connectivity index (χ2n) is 4.39. The van der Waals surface area contributed by atoms with Crippen LogP contribution in [0.25, 0.3) is 10.2 Å². The first kappa shape index (κ1) is 14.4. The molecule has 1 N–H and O–H groups in total. The van der Waals surface area contributed by atoms with E-state index in [4.69, 9.17) is 9.84 Å². The Bertz CT molecular complexity index is 721. The third-order valence-corrected chi connectivity index (χ3v) is 4.83. The van der Waals surface area contributed by atoms with Crippen LogP contribution in [0.4, 0.5) is 0 Å². The highest BCUT2D eigenvalue weighted by molar-refractivity contribution is 7.99. The number of hydrogen-bond donors (Lipinski definition) is 1. The molecule has 1 aliphatic rings. The number of morpholine rings is 1. The topological polar surface area (TPSA) is 84.7 Å². The molecule has 1 fully saturated rings. The summed E-state index contributed by atoms with van der Waals surface area (Å²) in [6.45, 7) is 2.24. The summed E-state index contributed by atoms with van der Waals surface area (Å²) in [5, 5.41) is 12.9. The van der Waals surface area contributed by atoms with Crippen molar-refractivity contribution in [3.63, 3.8) is 0 Å². The van der Waals surface area contributed by atoms with E-state index in [1.165, 1.54) is 16.0 Å². The van der Waals surface area contributed by atoms with E-state index in [9.17, 15) is 9.59 Å². The predicted molar refractivity (Wildman–Crippen MR) is 81.0 cm³/mol. The fourth-order valence-electron chi connectivity index (χ4n) is 2.11. The third-order valence-electron chi connectivity index (χ3n) is 3.02. The van der Waals surface area contributed by atoms with Crippen LogP contribution < -0.4 is 10.6 Å². The lowest BCUT2D eigenvalue weighted by Crippen LogP contribution is -2.49. The Hall–Kier alpha value is -1.58. The number of carbonyl (C=O) groups is 1. The van der Waals surface area contributed by atoms with Crippen LogP contribution in [0.1, 0.15) is 0 Å². The Morgan fingerprint density at radius 1 is 1.48 bits per heavy atom. The van der Waals surface area contributed by atoms with E-state index < -0.39 is 5.97 Å². The van der Waals surface area contributed by atoms with Gasteiger partial charge in [-0.05, 0) is 11.4 Å². The van der Waals surface area contributed by atoms with Crippen molar-refractivity contribution in [1.29, 1.82) is 0 Å². The minimum atomic E-state index is -0.937. The summed E-state index contributed by atoms with van der Waals surface area (Å²) >= 11 is 2.40. The summed E-state index contributed by atoms with van der Waals surface area (Å²) in [7, 11) is 0.